The van der Waals surface area contributed by atoms with Gasteiger partial charge in [0.2, 0.25) is 0 Å². The fourth-order valence-corrected chi connectivity index (χ4v) is 3.32. The van der Waals surface area contributed by atoms with E-state index < -0.39 is 0 Å². The van der Waals surface area contributed by atoms with Crippen molar-refractivity contribution in [1.29, 1.82) is 0 Å². The van der Waals surface area contributed by atoms with E-state index in [-0.39, 0.29) is 6.10 Å². The molecule has 1 aliphatic rings. The Morgan fingerprint density at radius 1 is 1.20 bits per heavy atom. The van der Waals surface area contributed by atoms with Crippen molar-refractivity contribution in [2.45, 2.75) is 65.0 Å². The molecule has 3 unspecified atom stereocenters. The summed E-state index contributed by atoms with van der Waals surface area (Å²) in [6, 6.07) is 9.43. The van der Waals surface area contributed by atoms with Crippen LogP contribution in [0, 0.1) is 5.92 Å². The Labute approximate surface area is 123 Å². The summed E-state index contributed by atoms with van der Waals surface area (Å²) in [5.74, 6) is 2.39. The van der Waals surface area contributed by atoms with E-state index in [9.17, 15) is 0 Å². The zero-order valence-corrected chi connectivity index (χ0v) is 13.4. The van der Waals surface area contributed by atoms with Crippen LogP contribution >= 0.6 is 0 Å². The molecule has 0 saturated heterocycles. The number of nitrogens with one attached hydrogen (secondary N) is 1. The van der Waals surface area contributed by atoms with Crippen LogP contribution in [0.25, 0.3) is 0 Å². The number of rotatable bonds is 6. The van der Waals surface area contributed by atoms with Crippen LogP contribution < -0.4 is 10.1 Å². The largest absolute Gasteiger partial charge is 0.491 e. The maximum absolute atomic E-state index is 5.72. The van der Waals surface area contributed by atoms with Crippen molar-refractivity contribution in [2.75, 3.05) is 6.54 Å². The molecule has 20 heavy (non-hydrogen) atoms. The van der Waals surface area contributed by atoms with E-state index in [1.807, 2.05) is 0 Å². The summed E-state index contributed by atoms with van der Waals surface area (Å²) in [6.07, 6.45) is 4.06. The summed E-state index contributed by atoms with van der Waals surface area (Å²) < 4.78 is 5.72. The molecule has 2 nitrogen and oxygen atoms in total. The Kier molecular flexibility index (Phi) is 5.47. The minimum absolute atomic E-state index is 0.244. The van der Waals surface area contributed by atoms with Gasteiger partial charge in [0.15, 0.2) is 0 Å². The number of ether oxygens (including phenoxy) is 1. The first-order valence-corrected chi connectivity index (χ1v) is 8.11. The van der Waals surface area contributed by atoms with Gasteiger partial charge in [-0.3, -0.25) is 0 Å². The predicted molar refractivity (Wildman–Crippen MR) is 85.4 cm³/mol. The van der Waals surface area contributed by atoms with Crippen molar-refractivity contribution < 1.29 is 4.74 Å². The molecule has 1 fully saturated rings. The maximum atomic E-state index is 5.72. The van der Waals surface area contributed by atoms with Crippen molar-refractivity contribution in [2.24, 2.45) is 5.92 Å². The average molecular weight is 275 g/mol. The standard InChI is InChI=1S/C18H29NO/c1-5-12-19-18-11-10-17(14(18)4)15-6-8-16(9-7-15)20-13(2)3/h6-9,13-14,17-19H,5,10-12H2,1-4H3. The molecular formula is C18H29NO. The molecule has 1 aliphatic carbocycles. The summed E-state index contributed by atoms with van der Waals surface area (Å²) in [5, 5.41) is 3.69. The van der Waals surface area contributed by atoms with Gasteiger partial charge in [-0.25, -0.2) is 0 Å². The van der Waals surface area contributed by atoms with Crippen LogP contribution in [0.1, 0.15) is 58.4 Å². The molecular weight excluding hydrogens is 246 g/mol. The van der Waals surface area contributed by atoms with E-state index in [1.54, 1.807) is 0 Å². The highest BCUT2D eigenvalue weighted by molar-refractivity contribution is 5.30. The molecule has 1 aromatic rings. The van der Waals surface area contributed by atoms with Gasteiger partial charge in [0.25, 0.3) is 0 Å². The van der Waals surface area contributed by atoms with Crippen LogP contribution in [-0.2, 0) is 0 Å². The van der Waals surface area contributed by atoms with E-state index in [0.29, 0.717) is 12.0 Å². The van der Waals surface area contributed by atoms with Gasteiger partial charge < -0.3 is 10.1 Å². The Balaban J connectivity index is 1.98. The lowest BCUT2D eigenvalue weighted by atomic mass is 9.89. The van der Waals surface area contributed by atoms with Gasteiger partial charge >= 0.3 is 0 Å². The summed E-state index contributed by atoms with van der Waals surface area (Å²) >= 11 is 0. The van der Waals surface area contributed by atoms with Crippen molar-refractivity contribution in [3.8, 4) is 5.75 Å². The fraction of sp³-hybridized carbons (Fsp3) is 0.667. The summed E-state index contributed by atoms with van der Waals surface area (Å²) in [5.41, 5.74) is 1.47. The van der Waals surface area contributed by atoms with Crippen molar-refractivity contribution in [3.05, 3.63) is 29.8 Å². The van der Waals surface area contributed by atoms with Gasteiger partial charge in [-0.15, -0.1) is 0 Å². The molecule has 112 valence electrons. The third-order valence-electron chi connectivity index (χ3n) is 4.39. The van der Waals surface area contributed by atoms with Gasteiger partial charge in [0.05, 0.1) is 6.10 Å². The first-order valence-electron chi connectivity index (χ1n) is 8.11. The Bertz CT molecular complexity index is 398. The molecule has 0 aromatic heterocycles. The summed E-state index contributed by atoms with van der Waals surface area (Å²) in [6.45, 7) is 9.90. The molecule has 1 saturated carbocycles. The van der Waals surface area contributed by atoms with Crippen LogP contribution in [0.2, 0.25) is 0 Å². The molecule has 0 aliphatic heterocycles. The minimum Gasteiger partial charge on any atom is -0.491 e. The van der Waals surface area contributed by atoms with E-state index in [4.69, 9.17) is 4.74 Å². The lowest BCUT2D eigenvalue weighted by Crippen LogP contribution is -2.32. The molecule has 0 spiro atoms. The topological polar surface area (TPSA) is 21.3 Å². The van der Waals surface area contributed by atoms with Crippen molar-refractivity contribution in [3.63, 3.8) is 0 Å². The highest BCUT2D eigenvalue weighted by Crippen LogP contribution is 2.39. The summed E-state index contributed by atoms with van der Waals surface area (Å²) in [7, 11) is 0. The third kappa shape index (κ3) is 3.76. The SMILES string of the molecule is CCCNC1CCC(c2ccc(OC(C)C)cc2)C1C. The first-order chi connectivity index (χ1) is 9.61. The van der Waals surface area contributed by atoms with Gasteiger partial charge in [-0.05, 0) is 69.2 Å². The smallest absolute Gasteiger partial charge is 0.119 e. The lowest BCUT2D eigenvalue weighted by molar-refractivity contribution is 0.242. The van der Waals surface area contributed by atoms with Gasteiger partial charge in [-0.2, -0.15) is 0 Å². The molecule has 0 heterocycles. The quantitative estimate of drug-likeness (QED) is 0.833. The van der Waals surface area contributed by atoms with E-state index >= 15 is 0 Å². The van der Waals surface area contributed by atoms with Crippen molar-refractivity contribution in [1.82, 2.24) is 5.32 Å². The molecule has 0 radical (unpaired) electrons. The fourth-order valence-electron chi connectivity index (χ4n) is 3.32. The van der Waals surface area contributed by atoms with Crippen LogP contribution in [0.3, 0.4) is 0 Å². The Morgan fingerprint density at radius 3 is 2.50 bits per heavy atom. The maximum Gasteiger partial charge on any atom is 0.119 e. The van der Waals surface area contributed by atoms with Crippen molar-refractivity contribution >= 4 is 0 Å². The molecule has 2 rings (SSSR count). The van der Waals surface area contributed by atoms with Crippen LogP contribution in [0.5, 0.6) is 5.75 Å². The van der Waals surface area contributed by atoms with Crippen LogP contribution in [-0.4, -0.2) is 18.7 Å². The Morgan fingerprint density at radius 2 is 1.90 bits per heavy atom. The van der Waals surface area contributed by atoms with Crippen LogP contribution in [0.15, 0.2) is 24.3 Å². The first kappa shape index (κ1) is 15.4. The van der Waals surface area contributed by atoms with E-state index in [0.717, 1.165) is 18.2 Å². The van der Waals surface area contributed by atoms with Gasteiger partial charge in [0, 0.05) is 6.04 Å². The molecule has 0 amide bonds. The normalized spacial score (nSPS) is 26.1. The zero-order chi connectivity index (χ0) is 14.5. The molecule has 0 bridgehead atoms. The minimum atomic E-state index is 0.244. The molecule has 3 atom stereocenters. The number of hydrogen-bond donors (Lipinski definition) is 1. The second-order valence-electron chi connectivity index (χ2n) is 6.34. The highest BCUT2D eigenvalue weighted by Gasteiger charge is 2.33. The molecule has 2 heteroatoms. The molecule has 1 N–H and O–H groups in total. The Hall–Kier alpha value is -1.02. The van der Waals surface area contributed by atoms with Gasteiger partial charge in [-0.1, -0.05) is 26.0 Å². The molecule has 1 aromatic carbocycles. The van der Waals surface area contributed by atoms with Crippen LogP contribution in [0.4, 0.5) is 0 Å². The van der Waals surface area contributed by atoms with Gasteiger partial charge in [0.1, 0.15) is 5.75 Å². The lowest BCUT2D eigenvalue weighted by Gasteiger charge is -2.22. The average Bonchev–Trinajstić information content (AvgIpc) is 2.78. The van der Waals surface area contributed by atoms with E-state index in [2.05, 4.69) is 57.3 Å². The third-order valence-corrected chi connectivity index (χ3v) is 4.39. The number of benzene rings is 1. The highest BCUT2D eigenvalue weighted by atomic mass is 16.5. The van der Waals surface area contributed by atoms with E-state index in [1.165, 1.54) is 24.8 Å². The second kappa shape index (κ2) is 7.12. The predicted octanol–water partition coefficient (Wildman–Crippen LogP) is 4.36. The monoisotopic (exact) mass is 275 g/mol. The number of hydrogen-bond acceptors (Lipinski definition) is 2. The summed E-state index contributed by atoms with van der Waals surface area (Å²) in [4.78, 5) is 0. The second-order valence-corrected chi connectivity index (χ2v) is 6.34. The zero-order valence-electron chi connectivity index (χ0n) is 13.4.